The lowest BCUT2D eigenvalue weighted by Gasteiger charge is -2.22. The molecule has 3 atom stereocenters. The number of hydrogen-bond acceptors (Lipinski definition) is 4. The third-order valence-electron chi connectivity index (χ3n) is 4.40. The van der Waals surface area contributed by atoms with Crippen LogP contribution in [0, 0.1) is 5.92 Å². The molecule has 140 valence electrons. The van der Waals surface area contributed by atoms with Crippen LogP contribution in [-0.4, -0.2) is 44.9 Å². The molecule has 0 amide bonds. The lowest BCUT2D eigenvalue weighted by Crippen LogP contribution is -2.39. The Bertz CT molecular complexity index is 652. The molecule has 0 aliphatic heterocycles. The summed E-state index contributed by atoms with van der Waals surface area (Å²) < 4.78 is 46.6. The lowest BCUT2D eigenvalue weighted by molar-refractivity contribution is -0.142. The molecule has 0 bridgehead atoms. The van der Waals surface area contributed by atoms with Crippen molar-refractivity contribution in [2.24, 2.45) is 5.92 Å². The highest BCUT2D eigenvalue weighted by atomic mass is 32.2. The summed E-state index contributed by atoms with van der Waals surface area (Å²) in [4.78, 5) is 10.5. The quantitative estimate of drug-likeness (QED) is 0.614. The fourth-order valence-corrected chi connectivity index (χ4v) is 4.50. The third-order valence-corrected chi connectivity index (χ3v) is 5.90. The summed E-state index contributed by atoms with van der Waals surface area (Å²) in [5.41, 5.74) is 0. The van der Waals surface area contributed by atoms with E-state index in [1.807, 2.05) is 0 Å². The summed E-state index contributed by atoms with van der Waals surface area (Å²) in [7, 11) is -3.66. The van der Waals surface area contributed by atoms with Gasteiger partial charge in [-0.1, -0.05) is 24.6 Å². The molecular weight excluding hydrogens is 349 g/mol. The number of nitrogens with one attached hydrogen (secondary N) is 1. The minimum Gasteiger partial charge on any atom is -0.480 e. The Kier molecular flexibility index (Phi) is 7.34. The zero-order chi connectivity index (χ0) is 18.3. The average Bonchev–Trinajstić information content (AvgIpc) is 2.91. The van der Waals surface area contributed by atoms with Crippen molar-refractivity contribution in [1.29, 1.82) is 0 Å². The van der Waals surface area contributed by atoms with Crippen LogP contribution < -0.4 is 4.72 Å². The minimum absolute atomic E-state index is 0.179. The van der Waals surface area contributed by atoms with Crippen LogP contribution in [0.5, 0.6) is 0 Å². The van der Waals surface area contributed by atoms with Gasteiger partial charge in [0.1, 0.15) is 12.8 Å². The normalized spacial score (nSPS) is 23.6. The van der Waals surface area contributed by atoms with Gasteiger partial charge in [-0.15, -0.1) is 0 Å². The standard InChI is InChI=1S/C17H24FNO5S/c18-15-9-10-16(14(15)8-4-5-11-24-12-17(20)21)19-25(22,23)13-6-2-1-3-7-13/h1-3,6-7,14-16,19H,4-5,8-12H2,(H,20,21)/t14-,15+,16-/m0/s1. The molecule has 0 heterocycles. The molecule has 0 aromatic heterocycles. The minimum atomic E-state index is -3.66. The predicted molar refractivity (Wildman–Crippen MR) is 90.5 cm³/mol. The number of aliphatic carboxylic acids is 1. The molecule has 1 aromatic rings. The lowest BCUT2D eigenvalue weighted by atomic mass is 9.96. The zero-order valence-electron chi connectivity index (χ0n) is 13.9. The topological polar surface area (TPSA) is 92.7 Å². The number of carboxylic acids is 1. The molecule has 1 fully saturated rings. The monoisotopic (exact) mass is 373 g/mol. The molecule has 0 spiro atoms. The smallest absolute Gasteiger partial charge is 0.329 e. The van der Waals surface area contributed by atoms with Gasteiger partial charge in [-0.3, -0.25) is 0 Å². The summed E-state index contributed by atoms with van der Waals surface area (Å²) >= 11 is 0. The molecule has 0 unspecified atom stereocenters. The van der Waals surface area contributed by atoms with E-state index in [4.69, 9.17) is 9.84 Å². The first-order valence-electron chi connectivity index (χ1n) is 8.41. The summed E-state index contributed by atoms with van der Waals surface area (Å²) in [5.74, 6) is -1.38. The number of halogens is 1. The predicted octanol–water partition coefficient (Wildman–Crippen LogP) is 2.35. The summed E-state index contributed by atoms with van der Waals surface area (Å²) in [6.45, 7) is -0.0367. The number of unbranched alkanes of at least 4 members (excludes halogenated alkanes) is 1. The highest BCUT2D eigenvalue weighted by Crippen LogP contribution is 2.33. The molecule has 1 aromatic carbocycles. The number of sulfonamides is 1. The maximum Gasteiger partial charge on any atom is 0.329 e. The van der Waals surface area contributed by atoms with Crippen LogP contribution in [0.15, 0.2) is 35.2 Å². The number of benzene rings is 1. The van der Waals surface area contributed by atoms with E-state index in [0.717, 1.165) is 0 Å². The summed E-state index contributed by atoms with van der Waals surface area (Å²) in [5, 5.41) is 8.47. The molecule has 25 heavy (non-hydrogen) atoms. The first kappa shape index (κ1) is 19.8. The fourth-order valence-electron chi connectivity index (χ4n) is 3.16. The van der Waals surface area contributed by atoms with E-state index < -0.39 is 28.2 Å². The summed E-state index contributed by atoms with van der Waals surface area (Å²) in [6, 6.07) is 7.64. The van der Waals surface area contributed by atoms with Gasteiger partial charge in [0, 0.05) is 18.6 Å². The average molecular weight is 373 g/mol. The van der Waals surface area contributed by atoms with Gasteiger partial charge < -0.3 is 9.84 Å². The highest BCUT2D eigenvalue weighted by molar-refractivity contribution is 7.89. The molecule has 8 heteroatoms. The van der Waals surface area contributed by atoms with Gasteiger partial charge in [-0.25, -0.2) is 22.3 Å². The Morgan fingerprint density at radius 2 is 1.96 bits per heavy atom. The maximum atomic E-state index is 14.2. The third kappa shape index (κ3) is 6.05. The van der Waals surface area contributed by atoms with Crippen LogP contribution in [0.25, 0.3) is 0 Å². The number of carbonyl (C=O) groups is 1. The van der Waals surface area contributed by atoms with Gasteiger partial charge >= 0.3 is 5.97 Å². The Balaban J connectivity index is 1.84. The zero-order valence-corrected chi connectivity index (χ0v) is 14.8. The Morgan fingerprint density at radius 3 is 2.64 bits per heavy atom. The van der Waals surface area contributed by atoms with Crippen molar-refractivity contribution in [3.8, 4) is 0 Å². The van der Waals surface area contributed by atoms with Gasteiger partial charge in [-0.2, -0.15) is 0 Å². The second-order valence-corrected chi connectivity index (χ2v) is 7.95. The first-order chi connectivity index (χ1) is 11.9. The van der Waals surface area contributed by atoms with Crippen LogP contribution in [0.1, 0.15) is 32.1 Å². The maximum absolute atomic E-state index is 14.2. The van der Waals surface area contributed by atoms with Crippen molar-refractivity contribution in [1.82, 2.24) is 4.72 Å². The Labute approximate surface area is 147 Å². The molecule has 6 nitrogen and oxygen atoms in total. The van der Waals surface area contributed by atoms with Gasteiger partial charge in [0.2, 0.25) is 10.0 Å². The van der Waals surface area contributed by atoms with Crippen LogP contribution in [0.3, 0.4) is 0 Å². The number of hydrogen-bond donors (Lipinski definition) is 2. The van der Waals surface area contributed by atoms with Crippen LogP contribution in [0.2, 0.25) is 0 Å². The highest BCUT2D eigenvalue weighted by Gasteiger charge is 2.38. The summed E-state index contributed by atoms with van der Waals surface area (Å²) in [6.07, 6.45) is 1.63. The fraction of sp³-hybridized carbons (Fsp3) is 0.588. The van der Waals surface area contributed by atoms with Crippen molar-refractivity contribution in [2.75, 3.05) is 13.2 Å². The Morgan fingerprint density at radius 1 is 1.24 bits per heavy atom. The van der Waals surface area contributed by atoms with Crippen LogP contribution in [-0.2, 0) is 19.6 Å². The number of ether oxygens (including phenoxy) is 1. The molecule has 2 rings (SSSR count). The molecule has 0 saturated heterocycles. The SMILES string of the molecule is O=C(O)COCCCC[C@H]1[C@H](F)CC[C@@H]1NS(=O)(=O)c1ccccc1. The molecule has 0 radical (unpaired) electrons. The van der Waals surface area contributed by atoms with E-state index in [1.165, 1.54) is 12.1 Å². The molecule has 2 N–H and O–H groups in total. The van der Waals surface area contributed by atoms with E-state index >= 15 is 0 Å². The largest absolute Gasteiger partial charge is 0.480 e. The van der Waals surface area contributed by atoms with Gasteiger partial charge in [-0.05, 0) is 37.8 Å². The molecule has 1 aliphatic carbocycles. The molecule has 1 aliphatic rings. The van der Waals surface area contributed by atoms with E-state index in [1.54, 1.807) is 18.2 Å². The van der Waals surface area contributed by atoms with E-state index in [9.17, 15) is 17.6 Å². The number of alkyl halides is 1. The van der Waals surface area contributed by atoms with Crippen molar-refractivity contribution < 1.29 is 27.4 Å². The van der Waals surface area contributed by atoms with Gasteiger partial charge in [0.15, 0.2) is 0 Å². The second-order valence-electron chi connectivity index (χ2n) is 6.24. The molecular formula is C17H24FNO5S. The van der Waals surface area contributed by atoms with E-state index in [0.29, 0.717) is 38.7 Å². The van der Waals surface area contributed by atoms with Gasteiger partial charge in [0.25, 0.3) is 0 Å². The van der Waals surface area contributed by atoms with Gasteiger partial charge in [0.05, 0.1) is 4.90 Å². The first-order valence-corrected chi connectivity index (χ1v) is 9.89. The van der Waals surface area contributed by atoms with Crippen LogP contribution in [0.4, 0.5) is 4.39 Å². The number of carboxylic acid groups (broad SMARTS) is 1. The number of rotatable bonds is 10. The molecule has 1 saturated carbocycles. The van der Waals surface area contributed by atoms with Crippen LogP contribution >= 0.6 is 0 Å². The second kappa shape index (κ2) is 9.26. The Hall–Kier alpha value is -1.51. The van der Waals surface area contributed by atoms with Crippen molar-refractivity contribution >= 4 is 16.0 Å². The van der Waals surface area contributed by atoms with E-state index in [-0.39, 0.29) is 17.4 Å². The van der Waals surface area contributed by atoms with Crippen molar-refractivity contribution in [3.63, 3.8) is 0 Å². The van der Waals surface area contributed by atoms with Crippen molar-refractivity contribution in [3.05, 3.63) is 30.3 Å². The van der Waals surface area contributed by atoms with E-state index in [2.05, 4.69) is 4.72 Å². The van der Waals surface area contributed by atoms with Crippen molar-refractivity contribution in [2.45, 2.75) is 49.2 Å².